The minimum atomic E-state index is -5.10. The van der Waals surface area contributed by atoms with Crippen molar-refractivity contribution in [1.82, 2.24) is 15.0 Å². The normalized spacial score (nSPS) is 15.3. The number of alkyl halides is 9. The Bertz CT molecular complexity index is 1220. The molecule has 3 aromatic rings. The van der Waals surface area contributed by atoms with Crippen LogP contribution in [-0.4, -0.2) is 34.0 Å². The second-order valence-corrected chi connectivity index (χ2v) is 7.74. The lowest BCUT2D eigenvalue weighted by atomic mass is 9.97. The van der Waals surface area contributed by atoms with Crippen molar-refractivity contribution in [2.24, 2.45) is 0 Å². The van der Waals surface area contributed by atoms with E-state index >= 15 is 0 Å². The number of likely N-dealkylation sites (tertiary alicyclic amines) is 1. The third-order valence-electron chi connectivity index (χ3n) is 5.24. The van der Waals surface area contributed by atoms with Gasteiger partial charge in [-0.3, -0.25) is 4.79 Å². The van der Waals surface area contributed by atoms with Crippen LogP contribution in [0.15, 0.2) is 47.0 Å². The average Bonchev–Trinajstić information content (AvgIpc) is 3.20. The van der Waals surface area contributed by atoms with Crippen molar-refractivity contribution in [1.29, 1.82) is 0 Å². The van der Waals surface area contributed by atoms with Gasteiger partial charge in [-0.2, -0.15) is 44.5 Å². The number of rotatable bonds is 3. The molecule has 0 aliphatic carbocycles. The molecule has 0 radical (unpaired) electrons. The second kappa shape index (κ2) is 8.27. The van der Waals surface area contributed by atoms with Crippen molar-refractivity contribution < 1.29 is 48.8 Å². The van der Waals surface area contributed by atoms with Gasteiger partial charge in [0.2, 0.25) is 11.7 Å². The Hall–Kier alpha value is -3.58. The van der Waals surface area contributed by atoms with Gasteiger partial charge in [0, 0.05) is 24.2 Å². The number of carbonyl (C=O) groups excluding carboxylic acids is 1. The van der Waals surface area contributed by atoms with Crippen molar-refractivity contribution in [3.63, 3.8) is 0 Å². The lowest BCUT2D eigenvalue weighted by Crippen LogP contribution is -2.48. The standard InChI is InChI=1S/C21H12F9N3O2/c22-19(23,24)13-3-1-2-10(4-13)16-31-17(35-32-16)12-8-33(9-12)18(34)11-5-14(20(25,26)27)7-15(6-11)21(28,29)30/h1-7,12H,8-9H2. The summed E-state index contributed by atoms with van der Waals surface area (Å²) in [6, 6.07) is 4.75. The second-order valence-electron chi connectivity index (χ2n) is 7.74. The number of benzene rings is 2. The zero-order valence-electron chi connectivity index (χ0n) is 17.1. The molecule has 0 unspecified atom stereocenters. The molecule has 186 valence electrons. The highest BCUT2D eigenvalue weighted by atomic mass is 19.4. The smallest absolute Gasteiger partial charge is 0.339 e. The largest absolute Gasteiger partial charge is 0.416 e. The van der Waals surface area contributed by atoms with Gasteiger partial charge in [-0.05, 0) is 30.3 Å². The molecule has 0 N–H and O–H groups in total. The number of carbonyl (C=O) groups is 1. The number of aromatic nitrogens is 2. The molecule has 2 heterocycles. The molecule has 1 fully saturated rings. The first-order valence-electron chi connectivity index (χ1n) is 9.73. The van der Waals surface area contributed by atoms with E-state index < -0.39 is 52.6 Å². The van der Waals surface area contributed by atoms with Gasteiger partial charge in [0.05, 0.1) is 22.6 Å². The van der Waals surface area contributed by atoms with E-state index in [1.54, 1.807) is 0 Å². The van der Waals surface area contributed by atoms with Gasteiger partial charge in [-0.25, -0.2) is 0 Å². The molecule has 14 heteroatoms. The maximum atomic E-state index is 13.0. The molecule has 1 aliphatic heterocycles. The maximum absolute atomic E-state index is 13.0. The van der Waals surface area contributed by atoms with Crippen molar-refractivity contribution in [2.45, 2.75) is 24.4 Å². The first kappa shape index (κ1) is 24.5. The lowest BCUT2D eigenvalue weighted by Gasteiger charge is -2.37. The van der Waals surface area contributed by atoms with Gasteiger partial charge in [0.1, 0.15) is 0 Å². The number of hydrogen-bond acceptors (Lipinski definition) is 4. The molecule has 5 nitrogen and oxygen atoms in total. The number of hydrogen-bond donors (Lipinski definition) is 0. The SMILES string of the molecule is O=C(c1cc(C(F)(F)F)cc(C(F)(F)F)c1)N1CC(c2nc(-c3cccc(C(F)(F)F)c3)no2)C1. The van der Waals surface area contributed by atoms with E-state index in [9.17, 15) is 44.3 Å². The van der Waals surface area contributed by atoms with Crippen molar-refractivity contribution in [2.75, 3.05) is 13.1 Å². The van der Waals surface area contributed by atoms with Gasteiger partial charge in [-0.1, -0.05) is 17.3 Å². The first-order valence-corrected chi connectivity index (χ1v) is 9.73. The number of halogens is 9. The van der Waals surface area contributed by atoms with Crippen LogP contribution in [0.4, 0.5) is 39.5 Å². The third kappa shape index (κ3) is 5.10. The van der Waals surface area contributed by atoms with Crippen LogP contribution in [-0.2, 0) is 18.5 Å². The molecular weight excluding hydrogens is 497 g/mol. The Balaban J connectivity index is 1.50. The van der Waals surface area contributed by atoms with Crippen molar-refractivity contribution in [3.05, 3.63) is 70.6 Å². The topological polar surface area (TPSA) is 59.2 Å². The van der Waals surface area contributed by atoms with Crippen LogP contribution >= 0.6 is 0 Å². The summed E-state index contributed by atoms with van der Waals surface area (Å²) in [5, 5.41) is 3.61. The zero-order chi connectivity index (χ0) is 25.8. The molecule has 0 atom stereocenters. The molecule has 1 saturated heterocycles. The van der Waals surface area contributed by atoms with Gasteiger partial charge >= 0.3 is 18.5 Å². The van der Waals surface area contributed by atoms with Crippen LogP contribution in [0, 0.1) is 0 Å². The maximum Gasteiger partial charge on any atom is 0.416 e. The van der Waals surface area contributed by atoms with Crippen LogP contribution in [0.5, 0.6) is 0 Å². The Morgan fingerprint density at radius 2 is 1.40 bits per heavy atom. The predicted molar refractivity (Wildman–Crippen MR) is 99.8 cm³/mol. The Kier molecular flexibility index (Phi) is 5.80. The van der Waals surface area contributed by atoms with Gasteiger partial charge < -0.3 is 9.42 Å². The van der Waals surface area contributed by atoms with E-state index in [2.05, 4.69) is 10.1 Å². The van der Waals surface area contributed by atoms with E-state index in [4.69, 9.17) is 4.52 Å². The van der Waals surface area contributed by atoms with E-state index in [1.165, 1.54) is 6.07 Å². The highest BCUT2D eigenvalue weighted by Gasteiger charge is 2.40. The fraction of sp³-hybridized carbons (Fsp3) is 0.286. The van der Waals surface area contributed by atoms with Crippen LogP contribution in [0.3, 0.4) is 0 Å². The third-order valence-corrected chi connectivity index (χ3v) is 5.24. The Morgan fingerprint density at radius 3 is 1.94 bits per heavy atom. The number of nitrogens with zero attached hydrogens (tertiary/aromatic N) is 3. The molecule has 1 amide bonds. The highest BCUT2D eigenvalue weighted by Crippen LogP contribution is 2.38. The molecule has 0 saturated carbocycles. The summed E-state index contributed by atoms with van der Waals surface area (Å²) in [6.07, 6.45) is -14.8. The molecular formula is C21H12F9N3O2. The Labute approximate surface area is 190 Å². The summed E-state index contributed by atoms with van der Waals surface area (Å²) in [7, 11) is 0. The molecule has 4 rings (SSSR count). The molecule has 0 spiro atoms. The van der Waals surface area contributed by atoms with Gasteiger partial charge in [-0.15, -0.1) is 0 Å². The van der Waals surface area contributed by atoms with E-state index in [0.717, 1.165) is 23.1 Å². The van der Waals surface area contributed by atoms with Crippen LogP contribution < -0.4 is 0 Å². The summed E-state index contributed by atoms with van der Waals surface area (Å²) in [4.78, 5) is 17.5. The molecule has 0 bridgehead atoms. The molecule has 2 aromatic carbocycles. The monoisotopic (exact) mass is 509 g/mol. The van der Waals surface area contributed by atoms with E-state index in [-0.39, 0.29) is 36.4 Å². The summed E-state index contributed by atoms with van der Waals surface area (Å²) in [5.41, 5.74) is -4.93. The van der Waals surface area contributed by atoms with Crippen LogP contribution in [0.1, 0.15) is 38.9 Å². The summed E-state index contributed by atoms with van der Waals surface area (Å²) in [6.45, 7) is -0.304. The fourth-order valence-electron chi connectivity index (χ4n) is 3.41. The Morgan fingerprint density at radius 1 is 0.829 bits per heavy atom. The molecule has 1 aliphatic rings. The van der Waals surface area contributed by atoms with Gasteiger partial charge in [0.15, 0.2) is 0 Å². The van der Waals surface area contributed by atoms with Crippen LogP contribution in [0.25, 0.3) is 11.4 Å². The van der Waals surface area contributed by atoms with Crippen molar-refractivity contribution in [3.8, 4) is 11.4 Å². The van der Waals surface area contributed by atoms with Crippen LogP contribution in [0.2, 0.25) is 0 Å². The minimum Gasteiger partial charge on any atom is -0.339 e. The van der Waals surface area contributed by atoms with Crippen molar-refractivity contribution >= 4 is 5.91 Å². The van der Waals surface area contributed by atoms with E-state index in [1.807, 2.05) is 0 Å². The summed E-state index contributed by atoms with van der Waals surface area (Å²) in [5.74, 6) is -1.85. The van der Waals surface area contributed by atoms with E-state index in [0.29, 0.717) is 12.1 Å². The molecule has 35 heavy (non-hydrogen) atoms. The average molecular weight is 509 g/mol. The highest BCUT2D eigenvalue weighted by molar-refractivity contribution is 5.95. The minimum absolute atomic E-state index is 0.0192. The van der Waals surface area contributed by atoms with Gasteiger partial charge in [0.25, 0.3) is 5.91 Å². The predicted octanol–water partition coefficient (Wildman–Crippen LogP) is 6.03. The summed E-state index contributed by atoms with van der Waals surface area (Å²) < 4.78 is 122. The quantitative estimate of drug-likeness (QED) is 0.405. The first-order chi connectivity index (χ1) is 16.1. The summed E-state index contributed by atoms with van der Waals surface area (Å²) >= 11 is 0. The molecule has 1 aromatic heterocycles. The zero-order valence-corrected chi connectivity index (χ0v) is 17.1. The fourth-order valence-corrected chi connectivity index (χ4v) is 3.41. The lowest BCUT2D eigenvalue weighted by molar-refractivity contribution is -0.143. The number of amides is 1.